The molecular weight excluding hydrogens is 366 g/mol. The molecule has 0 aliphatic carbocycles. The maximum absolute atomic E-state index is 9.43. The van der Waals surface area contributed by atoms with Crippen LogP contribution in [0.1, 0.15) is 5.56 Å². The third-order valence-electron chi connectivity index (χ3n) is 3.60. The predicted molar refractivity (Wildman–Crippen MR) is 105 cm³/mol. The lowest BCUT2D eigenvalue weighted by molar-refractivity contribution is 0.236. The van der Waals surface area contributed by atoms with Gasteiger partial charge in [-0.15, -0.1) is 0 Å². The van der Waals surface area contributed by atoms with Crippen LogP contribution in [0.25, 0.3) is 0 Å². The highest BCUT2D eigenvalue weighted by atomic mass is 35.5. The summed E-state index contributed by atoms with van der Waals surface area (Å²) in [7, 11) is 0. The van der Waals surface area contributed by atoms with Crippen LogP contribution in [0, 0.1) is 0 Å². The Bertz CT molecular complexity index is 940. The van der Waals surface area contributed by atoms with Gasteiger partial charge in [0.25, 0.3) is 0 Å². The van der Waals surface area contributed by atoms with Crippen molar-refractivity contribution in [3.8, 4) is 11.5 Å². The molecule has 6 nitrogen and oxygen atoms in total. The van der Waals surface area contributed by atoms with E-state index in [1.165, 1.54) is 0 Å². The summed E-state index contributed by atoms with van der Waals surface area (Å²) < 4.78 is 5.73. The number of hydroxylamine groups is 1. The molecule has 0 amide bonds. The number of rotatable bonds is 5. The number of amidine groups is 1. The SMILES string of the molecule is ON=C(C(=Nc1ccc(Cl)cc1)NO)c1ccc(Oc2ccccc2)cc1. The molecule has 3 N–H and O–H groups in total. The van der Waals surface area contributed by atoms with E-state index < -0.39 is 0 Å². The maximum Gasteiger partial charge on any atom is 0.180 e. The van der Waals surface area contributed by atoms with Crippen LogP contribution in [0.15, 0.2) is 89.0 Å². The van der Waals surface area contributed by atoms with Gasteiger partial charge in [0.2, 0.25) is 0 Å². The van der Waals surface area contributed by atoms with E-state index >= 15 is 0 Å². The first-order valence-corrected chi connectivity index (χ1v) is 8.37. The molecule has 0 aliphatic heterocycles. The van der Waals surface area contributed by atoms with E-state index in [2.05, 4.69) is 10.1 Å². The van der Waals surface area contributed by atoms with Gasteiger partial charge in [-0.05, 0) is 60.7 Å². The molecular formula is C20H16ClN3O3. The summed E-state index contributed by atoms with van der Waals surface area (Å²) in [5.74, 6) is 1.32. The Hall–Kier alpha value is -3.35. The summed E-state index contributed by atoms with van der Waals surface area (Å²) in [6.07, 6.45) is 0. The fourth-order valence-corrected chi connectivity index (χ4v) is 2.45. The van der Waals surface area contributed by atoms with E-state index in [-0.39, 0.29) is 11.5 Å². The maximum atomic E-state index is 9.43. The summed E-state index contributed by atoms with van der Waals surface area (Å²) in [6, 6.07) is 22.9. The average molecular weight is 382 g/mol. The second kappa shape index (κ2) is 8.84. The van der Waals surface area contributed by atoms with E-state index in [0.29, 0.717) is 27.8 Å². The molecule has 27 heavy (non-hydrogen) atoms. The Morgan fingerprint density at radius 1 is 0.852 bits per heavy atom. The van der Waals surface area contributed by atoms with E-state index in [4.69, 9.17) is 16.3 Å². The van der Waals surface area contributed by atoms with Crippen molar-refractivity contribution in [2.24, 2.45) is 10.1 Å². The highest BCUT2D eigenvalue weighted by Gasteiger charge is 2.13. The van der Waals surface area contributed by atoms with Crippen molar-refractivity contribution in [1.29, 1.82) is 0 Å². The number of para-hydroxylation sites is 1. The standard InChI is InChI=1S/C20H16ClN3O3/c21-15-8-10-16(11-9-15)22-20(24-26)19(23-25)14-6-12-18(13-7-14)27-17-4-2-1-3-5-17/h1-13,25-26H,(H,22,24). The molecule has 0 atom stereocenters. The molecule has 0 unspecified atom stereocenters. The molecule has 3 aromatic rings. The van der Waals surface area contributed by atoms with Crippen LogP contribution >= 0.6 is 11.6 Å². The molecule has 0 saturated heterocycles. The van der Waals surface area contributed by atoms with Crippen LogP contribution in [-0.2, 0) is 0 Å². The number of halogens is 1. The second-order valence-corrected chi connectivity index (χ2v) is 5.87. The number of hydrogen-bond donors (Lipinski definition) is 3. The lowest BCUT2D eigenvalue weighted by atomic mass is 10.1. The zero-order chi connectivity index (χ0) is 19.1. The van der Waals surface area contributed by atoms with Crippen molar-refractivity contribution in [1.82, 2.24) is 5.48 Å². The van der Waals surface area contributed by atoms with E-state index in [9.17, 15) is 10.4 Å². The highest BCUT2D eigenvalue weighted by Crippen LogP contribution is 2.22. The largest absolute Gasteiger partial charge is 0.457 e. The fraction of sp³-hybridized carbons (Fsp3) is 0. The smallest absolute Gasteiger partial charge is 0.180 e. The Kier molecular flexibility index (Phi) is 6.04. The van der Waals surface area contributed by atoms with Crippen LogP contribution in [0.5, 0.6) is 11.5 Å². The zero-order valence-electron chi connectivity index (χ0n) is 14.1. The van der Waals surface area contributed by atoms with Crippen molar-refractivity contribution < 1.29 is 15.2 Å². The monoisotopic (exact) mass is 381 g/mol. The number of nitrogens with one attached hydrogen (secondary N) is 1. The number of oxime groups is 1. The quantitative estimate of drug-likeness (QED) is 0.250. The van der Waals surface area contributed by atoms with Gasteiger partial charge in [0.1, 0.15) is 11.5 Å². The van der Waals surface area contributed by atoms with Gasteiger partial charge < -0.3 is 9.94 Å². The lowest BCUT2D eigenvalue weighted by Crippen LogP contribution is -2.29. The molecule has 0 aromatic heterocycles. The van der Waals surface area contributed by atoms with Gasteiger partial charge in [-0.2, -0.15) is 0 Å². The lowest BCUT2D eigenvalue weighted by Gasteiger charge is -2.09. The van der Waals surface area contributed by atoms with E-state index in [1.807, 2.05) is 35.8 Å². The van der Waals surface area contributed by atoms with Crippen LogP contribution in [0.3, 0.4) is 0 Å². The molecule has 0 aliphatic rings. The first-order chi connectivity index (χ1) is 13.2. The summed E-state index contributed by atoms with van der Waals surface area (Å²) in [6.45, 7) is 0. The number of ether oxygens (including phenoxy) is 1. The topological polar surface area (TPSA) is 86.4 Å². The van der Waals surface area contributed by atoms with Crippen molar-refractivity contribution in [3.63, 3.8) is 0 Å². The molecule has 3 rings (SSSR count). The average Bonchev–Trinajstić information content (AvgIpc) is 2.71. The molecule has 0 spiro atoms. The molecule has 0 radical (unpaired) electrons. The summed E-state index contributed by atoms with van der Waals surface area (Å²) in [4.78, 5) is 4.23. The van der Waals surface area contributed by atoms with E-state index in [0.717, 1.165) is 0 Å². The Morgan fingerprint density at radius 3 is 2.07 bits per heavy atom. The van der Waals surface area contributed by atoms with Crippen LogP contribution < -0.4 is 10.2 Å². The molecule has 0 heterocycles. The second-order valence-electron chi connectivity index (χ2n) is 5.44. The number of hydrogen-bond acceptors (Lipinski definition) is 5. The van der Waals surface area contributed by atoms with Crippen LogP contribution in [-0.4, -0.2) is 22.0 Å². The summed E-state index contributed by atoms with van der Waals surface area (Å²) in [5, 5.41) is 22.7. The van der Waals surface area contributed by atoms with Crippen molar-refractivity contribution in [2.45, 2.75) is 0 Å². The van der Waals surface area contributed by atoms with Gasteiger partial charge in [0, 0.05) is 10.6 Å². The highest BCUT2D eigenvalue weighted by molar-refractivity contribution is 6.47. The molecule has 3 aromatic carbocycles. The fourth-order valence-electron chi connectivity index (χ4n) is 2.32. The van der Waals surface area contributed by atoms with Crippen molar-refractivity contribution >= 4 is 28.8 Å². The van der Waals surface area contributed by atoms with Gasteiger partial charge in [0.05, 0.1) is 5.69 Å². The normalized spacial score (nSPS) is 11.9. The van der Waals surface area contributed by atoms with E-state index in [1.54, 1.807) is 48.5 Å². The van der Waals surface area contributed by atoms with Crippen molar-refractivity contribution in [3.05, 3.63) is 89.4 Å². The molecule has 0 bridgehead atoms. The molecule has 136 valence electrons. The molecule has 0 fully saturated rings. The van der Waals surface area contributed by atoms with Crippen LogP contribution in [0.4, 0.5) is 5.69 Å². The third-order valence-corrected chi connectivity index (χ3v) is 3.86. The van der Waals surface area contributed by atoms with Crippen LogP contribution in [0.2, 0.25) is 5.02 Å². The number of nitrogens with zero attached hydrogens (tertiary/aromatic N) is 2. The Labute approximate surface area is 161 Å². The van der Waals surface area contributed by atoms with Gasteiger partial charge in [-0.3, -0.25) is 10.7 Å². The Morgan fingerprint density at radius 2 is 1.48 bits per heavy atom. The zero-order valence-corrected chi connectivity index (χ0v) is 14.8. The predicted octanol–water partition coefficient (Wildman–Crippen LogP) is 5.02. The third kappa shape index (κ3) is 4.84. The first kappa shape index (κ1) is 18.4. The van der Waals surface area contributed by atoms with Gasteiger partial charge >= 0.3 is 0 Å². The summed E-state index contributed by atoms with van der Waals surface area (Å²) >= 11 is 5.85. The van der Waals surface area contributed by atoms with Gasteiger partial charge in [-0.25, -0.2) is 4.99 Å². The molecule has 7 heteroatoms. The van der Waals surface area contributed by atoms with Gasteiger partial charge in [0.15, 0.2) is 11.5 Å². The molecule has 0 saturated carbocycles. The minimum Gasteiger partial charge on any atom is -0.457 e. The van der Waals surface area contributed by atoms with Crippen molar-refractivity contribution in [2.75, 3.05) is 0 Å². The number of benzene rings is 3. The van der Waals surface area contributed by atoms with Gasteiger partial charge in [-0.1, -0.05) is 35.0 Å². The summed E-state index contributed by atoms with van der Waals surface area (Å²) in [5.41, 5.74) is 3.10. The number of aliphatic imine (C=N–C) groups is 1. The first-order valence-electron chi connectivity index (χ1n) is 8.00. The Balaban J connectivity index is 1.82. The minimum atomic E-state index is -0.0171. The minimum absolute atomic E-state index is 0.0171.